The number of fused-ring (bicyclic) bond motifs is 2. The third kappa shape index (κ3) is 1.85. The van der Waals surface area contributed by atoms with Gasteiger partial charge in [0, 0.05) is 22.0 Å². The fourth-order valence-corrected chi connectivity index (χ4v) is 2.55. The Bertz CT molecular complexity index is 927. The first kappa shape index (κ1) is 11.5. The van der Waals surface area contributed by atoms with Crippen LogP contribution in [0, 0.1) is 0 Å². The molecule has 1 N–H and O–H groups in total. The predicted octanol–water partition coefficient (Wildman–Crippen LogP) is 4.07. The molecule has 0 aliphatic rings. The summed E-state index contributed by atoms with van der Waals surface area (Å²) in [6, 6.07) is 16.1. The van der Waals surface area contributed by atoms with Crippen LogP contribution < -0.4 is 0 Å². The molecule has 4 heteroatoms. The first-order valence-corrected chi connectivity index (χ1v) is 6.78. The maximum atomic E-state index is 4.61. The summed E-state index contributed by atoms with van der Waals surface area (Å²) in [5.41, 5.74) is 3.95. The van der Waals surface area contributed by atoms with Crippen LogP contribution in [0.25, 0.3) is 33.3 Å². The van der Waals surface area contributed by atoms with Crippen molar-refractivity contribution < 1.29 is 0 Å². The maximum Gasteiger partial charge on any atom is 0.138 e. The molecule has 4 rings (SSSR count). The number of aromatic nitrogens is 3. The first-order valence-electron chi connectivity index (χ1n) is 6.33. The van der Waals surface area contributed by atoms with Crippen molar-refractivity contribution in [2.45, 2.75) is 4.90 Å². The molecule has 0 radical (unpaired) electrons. The second kappa shape index (κ2) is 4.35. The van der Waals surface area contributed by atoms with Crippen molar-refractivity contribution in [3.8, 4) is 11.4 Å². The molecular formula is C16H11N3S. The minimum Gasteiger partial charge on any atom is -0.338 e. The van der Waals surface area contributed by atoms with Crippen LogP contribution in [0.5, 0.6) is 0 Å². The number of nitrogens with zero attached hydrogens (tertiary/aromatic N) is 2. The highest BCUT2D eigenvalue weighted by atomic mass is 32.1. The molecule has 0 spiro atoms. The number of imidazole rings is 1. The topological polar surface area (TPSA) is 41.6 Å². The standard InChI is InChI=1S/C16H11N3S/c20-12-5-6-13-15(9-12)19-16(18-13)11-4-3-10-2-1-7-17-14(10)8-11/h1-9,20H,(H,18,19). The van der Waals surface area contributed by atoms with Gasteiger partial charge < -0.3 is 4.98 Å². The monoisotopic (exact) mass is 277 g/mol. The smallest absolute Gasteiger partial charge is 0.138 e. The molecule has 0 unspecified atom stereocenters. The van der Waals surface area contributed by atoms with Gasteiger partial charge in [0.05, 0.1) is 16.6 Å². The Balaban J connectivity index is 1.91. The quantitative estimate of drug-likeness (QED) is 0.515. The molecule has 0 amide bonds. The lowest BCUT2D eigenvalue weighted by Gasteiger charge is -1.99. The van der Waals surface area contributed by atoms with Gasteiger partial charge in [-0.05, 0) is 30.3 Å². The zero-order valence-corrected chi connectivity index (χ0v) is 11.4. The summed E-state index contributed by atoms with van der Waals surface area (Å²) in [5, 5.41) is 1.13. The Morgan fingerprint density at radius 1 is 0.950 bits per heavy atom. The van der Waals surface area contributed by atoms with E-state index in [4.69, 9.17) is 0 Å². The van der Waals surface area contributed by atoms with E-state index in [-0.39, 0.29) is 0 Å². The summed E-state index contributed by atoms with van der Waals surface area (Å²) < 4.78 is 0. The van der Waals surface area contributed by atoms with E-state index in [0.29, 0.717) is 0 Å². The third-order valence-electron chi connectivity index (χ3n) is 3.34. The van der Waals surface area contributed by atoms with Gasteiger partial charge in [0.2, 0.25) is 0 Å². The Morgan fingerprint density at radius 3 is 2.85 bits per heavy atom. The number of nitrogens with one attached hydrogen (secondary N) is 1. The number of rotatable bonds is 1. The first-order chi connectivity index (χ1) is 9.79. The average Bonchev–Trinajstić information content (AvgIpc) is 2.89. The number of aromatic amines is 1. The lowest BCUT2D eigenvalue weighted by molar-refractivity contribution is 1.33. The van der Waals surface area contributed by atoms with E-state index in [2.05, 4.69) is 51.8 Å². The minimum absolute atomic E-state index is 0.853. The van der Waals surface area contributed by atoms with Crippen molar-refractivity contribution in [2.75, 3.05) is 0 Å². The van der Waals surface area contributed by atoms with Crippen LogP contribution in [0.1, 0.15) is 0 Å². The number of H-pyrrole nitrogens is 1. The van der Waals surface area contributed by atoms with Gasteiger partial charge in [-0.25, -0.2) is 4.98 Å². The summed E-state index contributed by atoms with van der Waals surface area (Å²) in [5.74, 6) is 0.853. The lowest BCUT2D eigenvalue weighted by Crippen LogP contribution is -1.82. The van der Waals surface area contributed by atoms with E-state index >= 15 is 0 Å². The molecule has 0 bridgehead atoms. The summed E-state index contributed by atoms with van der Waals surface area (Å²) in [6.07, 6.45) is 1.80. The molecular weight excluding hydrogens is 266 g/mol. The van der Waals surface area contributed by atoms with E-state index in [9.17, 15) is 0 Å². The number of hydrogen-bond acceptors (Lipinski definition) is 3. The molecule has 96 valence electrons. The highest BCUT2D eigenvalue weighted by Gasteiger charge is 2.06. The van der Waals surface area contributed by atoms with Gasteiger partial charge in [0.25, 0.3) is 0 Å². The van der Waals surface area contributed by atoms with Crippen LogP contribution in [0.4, 0.5) is 0 Å². The van der Waals surface area contributed by atoms with E-state index in [1.54, 1.807) is 6.20 Å². The van der Waals surface area contributed by atoms with Crippen molar-refractivity contribution >= 4 is 34.6 Å². The van der Waals surface area contributed by atoms with Crippen LogP contribution >= 0.6 is 12.6 Å². The van der Waals surface area contributed by atoms with E-state index in [1.807, 2.05) is 24.3 Å². The second-order valence-corrected chi connectivity index (χ2v) is 5.21. The normalized spacial score (nSPS) is 11.2. The van der Waals surface area contributed by atoms with Gasteiger partial charge >= 0.3 is 0 Å². The van der Waals surface area contributed by atoms with Crippen molar-refractivity contribution in [3.05, 3.63) is 54.7 Å². The third-order valence-corrected chi connectivity index (χ3v) is 3.62. The number of benzene rings is 2. The number of pyridine rings is 1. The zero-order chi connectivity index (χ0) is 13.5. The number of hydrogen-bond donors (Lipinski definition) is 2. The van der Waals surface area contributed by atoms with E-state index in [0.717, 1.165) is 38.2 Å². The molecule has 0 atom stereocenters. The van der Waals surface area contributed by atoms with Crippen LogP contribution in [-0.4, -0.2) is 15.0 Å². The molecule has 2 aromatic heterocycles. The molecule has 2 heterocycles. The van der Waals surface area contributed by atoms with Gasteiger partial charge in [0.15, 0.2) is 0 Å². The molecule has 0 saturated carbocycles. The van der Waals surface area contributed by atoms with Gasteiger partial charge in [-0.1, -0.05) is 18.2 Å². The summed E-state index contributed by atoms with van der Waals surface area (Å²) in [4.78, 5) is 13.2. The van der Waals surface area contributed by atoms with Crippen molar-refractivity contribution in [3.63, 3.8) is 0 Å². The molecule has 2 aromatic carbocycles. The zero-order valence-electron chi connectivity index (χ0n) is 10.5. The molecule has 4 aromatic rings. The van der Waals surface area contributed by atoms with Gasteiger partial charge in [-0.2, -0.15) is 0 Å². The lowest BCUT2D eigenvalue weighted by atomic mass is 10.1. The Morgan fingerprint density at radius 2 is 1.90 bits per heavy atom. The highest BCUT2D eigenvalue weighted by molar-refractivity contribution is 7.80. The summed E-state index contributed by atoms with van der Waals surface area (Å²) >= 11 is 4.35. The maximum absolute atomic E-state index is 4.61. The van der Waals surface area contributed by atoms with Crippen LogP contribution in [-0.2, 0) is 0 Å². The molecule has 0 fully saturated rings. The number of thiol groups is 1. The SMILES string of the molecule is Sc1ccc2nc(-c3ccc4cccnc4c3)[nH]c2c1. The van der Waals surface area contributed by atoms with Gasteiger partial charge in [-0.3, -0.25) is 4.98 Å². The molecule has 0 aliphatic carbocycles. The second-order valence-electron chi connectivity index (χ2n) is 4.70. The van der Waals surface area contributed by atoms with Gasteiger partial charge in [0.1, 0.15) is 5.82 Å². The molecule has 20 heavy (non-hydrogen) atoms. The van der Waals surface area contributed by atoms with Crippen molar-refractivity contribution in [1.82, 2.24) is 15.0 Å². The fourth-order valence-electron chi connectivity index (χ4n) is 2.35. The van der Waals surface area contributed by atoms with Crippen LogP contribution in [0.3, 0.4) is 0 Å². The summed E-state index contributed by atoms with van der Waals surface area (Å²) in [7, 11) is 0. The molecule has 0 saturated heterocycles. The Hall–Kier alpha value is -2.33. The average molecular weight is 277 g/mol. The summed E-state index contributed by atoms with van der Waals surface area (Å²) in [6.45, 7) is 0. The van der Waals surface area contributed by atoms with E-state index < -0.39 is 0 Å². The Kier molecular flexibility index (Phi) is 2.50. The molecule has 3 nitrogen and oxygen atoms in total. The van der Waals surface area contributed by atoms with E-state index in [1.165, 1.54) is 0 Å². The van der Waals surface area contributed by atoms with Crippen LogP contribution in [0.15, 0.2) is 59.6 Å². The fraction of sp³-hybridized carbons (Fsp3) is 0. The predicted molar refractivity (Wildman–Crippen MR) is 84.1 cm³/mol. The molecule has 0 aliphatic heterocycles. The van der Waals surface area contributed by atoms with Crippen molar-refractivity contribution in [1.29, 1.82) is 0 Å². The van der Waals surface area contributed by atoms with Gasteiger partial charge in [-0.15, -0.1) is 12.6 Å². The van der Waals surface area contributed by atoms with Crippen molar-refractivity contribution in [2.24, 2.45) is 0 Å². The highest BCUT2D eigenvalue weighted by Crippen LogP contribution is 2.24. The Labute approximate surface area is 121 Å². The largest absolute Gasteiger partial charge is 0.338 e. The van der Waals surface area contributed by atoms with Crippen LogP contribution in [0.2, 0.25) is 0 Å². The minimum atomic E-state index is 0.853.